The third-order valence-corrected chi connectivity index (χ3v) is 12.6. The van der Waals surface area contributed by atoms with Crippen molar-refractivity contribution < 1.29 is 32.4 Å². The molecule has 5 rings (SSSR count). The molecule has 0 radical (unpaired) electrons. The van der Waals surface area contributed by atoms with Gasteiger partial charge in [0.2, 0.25) is 28.7 Å². The molecule has 1 unspecified atom stereocenters. The number of H-pyrrole nitrogens is 1. The van der Waals surface area contributed by atoms with E-state index in [-0.39, 0.29) is 30.1 Å². The molecule has 0 spiro atoms. The van der Waals surface area contributed by atoms with Crippen LogP contribution in [0.2, 0.25) is 0 Å². The van der Waals surface area contributed by atoms with Gasteiger partial charge in [-0.15, -0.1) is 6.58 Å². The van der Waals surface area contributed by atoms with Crippen LogP contribution >= 0.6 is 0 Å². The maximum absolute atomic E-state index is 14.7. The van der Waals surface area contributed by atoms with E-state index in [1.807, 2.05) is 13.8 Å². The van der Waals surface area contributed by atoms with Gasteiger partial charge in [-0.3, -0.25) is 24.0 Å². The van der Waals surface area contributed by atoms with E-state index in [2.05, 4.69) is 37.2 Å². The number of amides is 4. The van der Waals surface area contributed by atoms with E-state index in [1.54, 1.807) is 45.0 Å². The minimum Gasteiger partial charge on any atom is -0.346 e. The average Bonchev–Trinajstić information content (AvgIpc) is 3.65. The number of aromatic nitrogens is 2. The van der Waals surface area contributed by atoms with Crippen LogP contribution in [0.5, 0.6) is 0 Å². The maximum atomic E-state index is 14.7. The molecule has 2 aromatic rings. The smallest absolute Gasteiger partial charge is 0.289 e. The number of imidazole rings is 1. The van der Waals surface area contributed by atoms with Crippen LogP contribution in [0.4, 0.5) is 0 Å². The van der Waals surface area contributed by atoms with Crippen molar-refractivity contribution in [2.75, 3.05) is 13.1 Å². The van der Waals surface area contributed by atoms with Crippen LogP contribution in [0.25, 0.3) is 11.0 Å². The molecule has 4 amide bonds. The minimum absolute atomic E-state index is 0.110. The number of ketones is 1. The zero-order valence-corrected chi connectivity index (χ0v) is 33.0. The minimum atomic E-state index is -4.31. The number of likely N-dealkylation sites (tertiary alicyclic amines) is 1. The number of benzene rings is 1. The lowest BCUT2D eigenvalue weighted by molar-refractivity contribution is -0.146. The summed E-state index contributed by atoms with van der Waals surface area (Å²) in [6.45, 7) is 13.2. The lowest BCUT2D eigenvalue weighted by atomic mass is 9.70. The molecule has 54 heavy (non-hydrogen) atoms. The molecule has 1 aromatic heterocycles. The Morgan fingerprint density at radius 2 is 1.74 bits per heavy atom. The molecule has 14 nitrogen and oxygen atoms in total. The summed E-state index contributed by atoms with van der Waals surface area (Å²) in [5.74, 6) is -3.19. The maximum Gasteiger partial charge on any atom is 0.289 e. The van der Waals surface area contributed by atoms with E-state index >= 15 is 0 Å². The molecular weight excluding hydrogens is 711 g/mol. The van der Waals surface area contributed by atoms with Gasteiger partial charge in [0, 0.05) is 13.1 Å². The van der Waals surface area contributed by atoms with Crippen LogP contribution in [-0.2, 0) is 34.0 Å². The normalized spacial score (nSPS) is 21.8. The van der Waals surface area contributed by atoms with Crippen molar-refractivity contribution in [3.05, 3.63) is 36.9 Å². The van der Waals surface area contributed by atoms with Crippen molar-refractivity contribution in [3.8, 4) is 0 Å². The zero-order valence-electron chi connectivity index (χ0n) is 32.2. The monoisotopic (exact) mass is 767 g/mol. The number of rotatable bonds is 16. The quantitative estimate of drug-likeness (QED) is 0.126. The van der Waals surface area contributed by atoms with Gasteiger partial charge in [-0.25, -0.2) is 13.4 Å². The summed E-state index contributed by atoms with van der Waals surface area (Å²) in [5, 5.41) is 7.96. The van der Waals surface area contributed by atoms with Gasteiger partial charge in [-0.1, -0.05) is 91.4 Å². The fourth-order valence-corrected chi connectivity index (χ4v) is 9.22. The Kier molecular flexibility index (Phi) is 12.7. The fourth-order valence-electron chi connectivity index (χ4n) is 7.94. The standard InChI is InChI=1S/C39H57N7O7S/c1-7-21-40-34(49)30(47)28(23-24-16-17-24)41-33(48)29-25(8-2)18-22-46(29)36(51)32(38(3,4)5)44-35(50)31(39(6)19-12-9-13-20-39)45-54(52,53)37-42-26-14-10-11-15-27(26)43-37/h7,10-11,14-15,24-25,28-29,31-32,45H,1,8-9,12-13,16-23H2,2-6H3,(H,40,49)(H,41,48)(H,42,43)(H,44,50)/t25-,28?,29-,31+,32+/m0/s1. The predicted molar refractivity (Wildman–Crippen MR) is 204 cm³/mol. The van der Waals surface area contributed by atoms with Crippen LogP contribution in [0, 0.1) is 22.7 Å². The van der Waals surface area contributed by atoms with Gasteiger partial charge in [0.1, 0.15) is 18.1 Å². The van der Waals surface area contributed by atoms with Crippen molar-refractivity contribution in [1.29, 1.82) is 0 Å². The molecule has 1 aliphatic heterocycles. The van der Waals surface area contributed by atoms with E-state index in [9.17, 15) is 32.4 Å². The highest BCUT2D eigenvalue weighted by atomic mass is 32.2. The highest BCUT2D eigenvalue weighted by Crippen LogP contribution is 2.40. The van der Waals surface area contributed by atoms with Crippen molar-refractivity contribution in [3.63, 3.8) is 0 Å². The number of fused-ring (bicyclic) bond motifs is 1. The number of carbonyl (C=O) groups is 5. The number of para-hydroxylation sites is 2. The zero-order chi connectivity index (χ0) is 39.4. The average molecular weight is 768 g/mol. The summed E-state index contributed by atoms with van der Waals surface area (Å²) >= 11 is 0. The summed E-state index contributed by atoms with van der Waals surface area (Å²) in [4.78, 5) is 77.7. The number of hydrogen-bond donors (Lipinski definition) is 5. The molecule has 2 heterocycles. The fraction of sp³-hybridized carbons (Fsp3) is 0.641. The van der Waals surface area contributed by atoms with E-state index in [4.69, 9.17) is 0 Å². The number of nitrogens with zero attached hydrogens (tertiary/aromatic N) is 2. The van der Waals surface area contributed by atoms with Gasteiger partial charge in [0.25, 0.3) is 15.9 Å². The Labute approximate surface area is 318 Å². The van der Waals surface area contributed by atoms with E-state index < -0.39 is 74.4 Å². The molecule has 0 bridgehead atoms. The van der Waals surface area contributed by atoms with Crippen LogP contribution in [0.15, 0.2) is 42.1 Å². The number of Topliss-reactive ketones (excluding diaryl/α,β-unsaturated/α-hetero) is 1. The van der Waals surface area contributed by atoms with Crippen molar-refractivity contribution >= 4 is 50.5 Å². The Morgan fingerprint density at radius 3 is 2.35 bits per heavy atom. The molecule has 15 heteroatoms. The van der Waals surface area contributed by atoms with Gasteiger partial charge in [0.05, 0.1) is 17.1 Å². The SMILES string of the molecule is C=CCNC(=O)C(=O)C(CC1CC1)NC(=O)[C@@H]1[C@@H](CC)CCN1C(=O)[C@@H](NC(=O)[C@@H](NS(=O)(=O)c1nc2ccccc2[nH]1)C1(C)CCCCC1)C(C)(C)C. The van der Waals surface area contributed by atoms with Crippen molar-refractivity contribution in [1.82, 2.24) is 35.5 Å². The summed E-state index contributed by atoms with van der Waals surface area (Å²) in [7, 11) is -4.31. The second-order valence-electron chi connectivity index (χ2n) is 16.7. The van der Waals surface area contributed by atoms with Gasteiger partial charge in [-0.2, -0.15) is 4.72 Å². The van der Waals surface area contributed by atoms with E-state index in [1.165, 1.54) is 11.0 Å². The molecule has 1 saturated heterocycles. The lowest BCUT2D eigenvalue weighted by Gasteiger charge is -2.42. The van der Waals surface area contributed by atoms with Gasteiger partial charge in [-0.05, 0) is 60.5 Å². The molecule has 2 aliphatic carbocycles. The summed E-state index contributed by atoms with van der Waals surface area (Å²) in [6.07, 6.45) is 8.51. The number of sulfonamides is 1. The van der Waals surface area contributed by atoms with Crippen LogP contribution in [0.1, 0.15) is 98.8 Å². The third kappa shape index (κ3) is 9.39. The van der Waals surface area contributed by atoms with E-state index in [0.717, 1.165) is 32.1 Å². The van der Waals surface area contributed by atoms with Gasteiger partial charge < -0.3 is 25.8 Å². The predicted octanol–water partition coefficient (Wildman–Crippen LogP) is 3.49. The molecule has 3 fully saturated rings. The molecule has 3 aliphatic rings. The number of hydrogen-bond acceptors (Lipinski definition) is 8. The van der Waals surface area contributed by atoms with Crippen molar-refractivity contribution in [2.24, 2.45) is 22.7 Å². The first kappa shape index (κ1) is 41.1. The second kappa shape index (κ2) is 16.7. The first-order valence-corrected chi connectivity index (χ1v) is 20.8. The number of nitrogens with one attached hydrogen (secondary N) is 5. The van der Waals surface area contributed by atoms with Gasteiger partial charge >= 0.3 is 0 Å². The number of carbonyl (C=O) groups excluding carboxylic acids is 5. The summed E-state index contributed by atoms with van der Waals surface area (Å²) < 4.78 is 30.4. The van der Waals surface area contributed by atoms with Crippen LogP contribution < -0.4 is 20.7 Å². The molecule has 2 saturated carbocycles. The molecule has 296 valence electrons. The topological polar surface area (TPSA) is 200 Å². The Morgan fingerprint density at radius 1 is 1.06 bits per heavy atom. The molecule has 5 N–H and O–H groups in total. The molecular formula is C39H57N7O7S. The number of aromatic amines is 1. The summed E-state index contributed by atoms with van der Waals surface area (Å²) in [6, 6.07) is 2.59. The van der Waals surface area contributed by atoms with Crippen LogP contribution in [-0.4, -0.2) is 90.0 Å². The van der Waals surface area contributed by atoms with Crippen molar-refractivity contribution in [2.45, 2.75) is 128 Å². The first-order chi connectivity index (χ1) is 25.5. The first-order valence-electron chi connectivity index (χ1n) is 19.3. The molecule has 5 atom stereocenters. The lowest BCUT2D eigenvalue weighted by Crippen LogP contribution is -2.63. The highest BCUT2D eigenvalue weighted by Gasteiger charge is 2.49. The Hall–Kier alpha value is -4.11. The van der Waals surface area contributed by atoms with Crippen LogP contribution in [0.3, 0.4) is 0 Å². The summed E-state index contributed by atoms with van der Waals surface area (Å²) in [5.41, 5.74) is -0.594. The Bertz CT molecular complexity index is 1810. The highest BCUT2D eigenvalue weighted by molar-refractivity contribution is 7.89. The van der Waals surface area contributed by atoms with Gasteiger partial charge in [0.15, 0.2) is 0 Å². The largest absolute Gasteiger partial charge is 0.346 e. The van der Waals surface area contributed by atoms with E-state index in [0.29, 0.717) is 43.1 Å². The Balaban J connectivity index is 1.40. The second-order valence-corrected chi connectivity index (χ2v) is 18.3. The molecule has 1 aromatic carbocycles. The third-order valence-electron chi connectivity index (χ3n) is 11.4.